The van der Waals surface area contributed by atoms with Crippen LogP contribution in [0.3, 0.4) is 0 Å². The Morgan fingerprint density at radius 3 is 2.78 bits per heavy atom. The van der Waals surface area contributed by atoms with Gasteiger partial charge in [0.15, 0.2) is 0 Å². The number of imidazole rings is 1. The van der Waals surface area contributed by atoms with Crippen LogP contribution in [0.4, 0.5) is 5.95 Å². The molecule has 2 N–H and O–H groups in total. The maximum Gasteiger partial charge on any atom is 0.225 e. The first-order valence-electron chi connectivity index (χ1n) is 8.78. The van der Waals surface area contributed by atoms with Gasteiger partial charge in [-0.3, -0.25) is 0 Å². The second-order valence-electron chi connectivity index (χ2n) is 6.77. The van der Waals surface area contributed by atoms with Crippen LogP contribution in [0.25, 0.3) is 22.6 Å². The minimum Gasteiger partial charge on any atom is -0.393 e. The zero-order valence-electron chi connectivity index (χ0n) is 14.7. The number of aromatic nitrogens is 4. The highest BCUT2D eigenvalue weighted by Gasteiger charge is 2.27. The topological polar surface area (TPSA) is 77.9 Å². The Morgan fingerprint density at radius 2 is 2.07 bits per heavy atom. The van der Waals surface area contributed by atoms with E-state index in [9.17, 15) is 5.11 Å². The van der Waals surface area contributed by atoms with Crippen molar-refractivity contribution in [2.75, 3.05) is 18.0 Å². The number of rotatable bonds is 3. The number of halogens is 2. The summed E-state index contributed by atoms with van der Waals surface area (Å²) in [5.41, 5.74) is 2.22. The van der Waals surface area contributed by atoms with Crippen LogP contribution in [0.15, 0.2) is 36.8 Å². The monoisotopic (exact) mass is 403 g/mol. The molecular formula is C19H19Cl2N5O. The summed E-state index contributed by atoms with van der Waals surface area (Å²) in [7, 11) is 0. The molecule has 0 aliphatic carbocycles. The van der Waals surface area contributed by atoms with Gasteiger partial charge in [-0.25, -0.2) is 15.0 Å². The minimum absolute atomic E-state index is 0.162. The number of hydrogen-bond donors (Lipinski definition) is 2. The molecule has 0 amide bonds. The van der Waals surface area contributed by atoms with Gasteiger partial charge in [-0.15, -0.1) is 0 Å². The maximum absolute atomic E-state index is 10.00. The van der Waals surface area contributed by atoms with E-state index in [-0.39, 0.29) is 12.0 Å². The lowest BCUT2D eigenvalue weighted by molar-refractivity contribution is 0.0966. The fourth-order valence-electron chi connectivity index (χ4n) is 3.31. The fourth-order valence-corrected chi connectivity index (χ4v) is 3.81. The lowest BCUT2D eigenvalue weighted by atomic mass is 9.97. The predicted octanol–water partition coefficient (Wildman–Crippen LogP) is 4.05. The van der Waals surface area contributed by atoms with E-state index >= 15 is 0 Å². The highest BCUT2D eigenvalue weighted by molar-refractivity contribution is 6.36. The van der Waals surface area contributed by atoms with E-state index in [0.29, 0.717) is 47.0 Å². The van der Waals surface area contributed by atoms with Gasteiger partial charge in [0.2, 0.25) is 5.95 Å². The molecule has 4 rings (SSSR count). The molecule has 0 unspecified atom stereocenters. The van der Waals surface area contributed by atoms with Crippen LogP contribution in [0.2, 0.25) is 10.0 Å². The van der Waals surface area contributed by atoms with Crippen LogP contribution in [-0.4, -0.2) is 44.2 Å². The second kappa shape index (κ2) is 7.46. The summed E-state index contributed by atoms with van der Waals surface area (Å²) in [4.78, 5) is 18.9. The Bertz CT molecular complexity index is 947. The van der Waals surface area contributed by atoms with Crippen molar-refractivity contribution >= 4 is 29.2 Å². The van der Waals surface area contributed by atoms with Crippen molar-refractivity contribution in [3.8, 4) is 22.6 Å². The molecule has 1 fully saturated rings. The molecule has 8 heteroatoms. The smallest absolute Gasteiger partial charge is 0.225 e. The third kappa shape index (κ3) is 3.65. The molecule has 1 aliphatic heterocycles. The zero-order valence-corrected chi connectivity index (χ0v) is 16.2. The molecule has 2 atom stereocenters. The number of hydrogen-bond acceptors (Lipinski definition) is 5. The largest absolute Gasteiger partial charge is 0.393 e. The van der Waals surface area contributed by atoms with Gasteiger partial charge in [-0.2, -0.15) is 0 Å². The molecule has 1 aliphatic rings. The van der Waals surface area contributed by atoms with E-state index in [0.717, 1.165) is 11.1 Å². The van der Waals surface area contributed by atoms with Crippen molar-refractivity contribution in [2.45, 2.75) is 19.4 Å². The summed E-state index contributed by atoms with van der Waals surface area (Å²) in [6.45, 7) is 3.44. The van der Waals surface area contributed by atoms with E-state index in [1.165, 1.54) is 0 Å². The second-order valence-corrected chi connectivity index (χ2v) is 7.62. The van der Waals surface area contributed by atoms with Crippen LogP contribution in [-0.2, 0) is 0 Å². The number of aromatic amines is 1. The van der Waals surface area contributed by atoms with E-state index in [1.807, 2.05) is 13.0 Å². The summed E-state index contributed by atoms with van der Waals surface area (Å²) in [5, 5.41) is 11.1. The molecule has 0 saturated carbocycles. The summed E-state index contributed by atoms with van der Waals surface area (Å²) >= 11 is 12.5. The van der Waals surface area contributed by atoms with Gasteiger partial charge in [0.05, 0.1) is 22.4 Å². The van der Waals surface area contributed by atoms with E-state index < -0.39 is 0 Å². The number of aliphatic hydroxyl groups is 1. The molecule has 0 bridgehead atoms. The predicted molar refractivity (Wildman–Crippen MR) is 107 cm³/mol. The molecule has 3 aromatic rings. The zero-order chi connectivity index (χ0) is 19.0. The van der Waals surface area contributed by atoms with Gasteiger partial charge in [0, 0.05) is 42.3 Å². The van der Waals surface area contributed by atoms with Gasteiger partial charge in [-0.05, 0) is 30.5 Å². The van der Waals surface area contributed by atoms with Gasteiger partial charge < -0.3 is 15.0 Å². The molecule has 0 radical (unpaired) electrons. The number of anilines is 1. The van der Waals surface area contributed by atoms with Crippen LogP contribution in [0.5, 0.6) is 0 Å². The SMILES string of the molecule is C[C@H]1CN(c2ncc(-c3ncc[nH]3)c(-c3ccc(Cl)cc3Cl)n2)CC[C@@H]1O. The third-order valence-electron chi connectivity index (χ3n) is 4.86. The number of H-pyrrole nitrogens is 1. The molecule has 1 saturated heterocycles. The van der Waals surface area contributed by atoms with Crippen LogP contribution >= 0.6 is 23.2 Å². The van der Waals surface area contributed by atoms with Crippen molar-refractivity contribution in [1.82, 2.24) is 19.9 Å². The van der Waals surface area contributed by atoms with Crippen LogP contribution in [0, 0.1) is 5.92 Å². The Labute approximate surface area is 167 Å². The van der Waals surface area contributed by atoms with Crippen LogP contribution < -0.4 is 4.90 Å². The highest BCUT2D eigenvalue weighted by Crippen LogP contribution is 2.35. The average molecular weight is 404 g/mol. The van der Waals surface area contributed by atoms with Crippen molar-refractivity contribution in [3.05, 3.63) is 46.8 Å². The first-order valence-corrected chi connectivity index (χ1v) is 9.53. The lowest BCUT2D eigenvalue weighted by Gasteiger charge is -2.34. The van der Waals surface area contributed by atoms with Crippen LogP contribution in [0.1, 0.15) is 13.3 Å². The first-order chi connectivity index (χ1) is 13.0. The molecular weight excluding hydrogens is 385 g/mol. The van der Waals surface area contributed by atoms with Gasteiger partial charge in [0.1, 0.15) is 5.82 Å². The maximum atomic E-state index is 10.00. The summed E-state index contributed by atoms with van der Waals surface area (Å²) in [5.74, 6) is 1.45. The third-order valence-corrected chi connectivity index (χ3v) is 5.41. The molecule has 0 spiro atoms. The molecule has 1 aromatic carbocycles. The number of nitrogens with zero attached hydrogens (tertiary/aromatic N) is 4. The van der Waals surface area contributed by atoms with E-state index in [1.54, 1.807) is 30.7 Å². The number of aliphatic hydroxyl groups excluding tert-OH is 1. The summed E-state index contributed by atoms with van der Waals surface area (Å²) in [6.07, 6.45) is 5.61. The van der Waals surface area contributed by atoms with Crippen molar-refractivity contribution in [2.24, 2.45) is 5.92 Å². The normalized spacial score (nSPS) is 20.1. The number of benzene rings is 1. The van der Waals surface area contributed by atoms with E-state index in [4.69, 9.17) is 28.2 Å². The quantitative estimate of drug-likeness (QED) is 0.689. The molecule has 27 heavy (non-hydrogen) atoms. The molecule has 140 valence electrons. The van der Waals surface area contributed by atoms with Crippen molar-refractivity contribution in [3.63, 3.8) is 0 Å². The fraction of sp³-hybridized carbons (Fsp3) is 0.316. The summed E-state index contributed by atoms with van der Waals surface area (Å²) < 4.78 is 0. The molecule has 3 heterocycles. The van der Waals surface area contributed by atoms with Crippen molar-refractivity contribution in [1.29, 1.82) is 0 Å². The molecule has 2 aromatic heterocycles. The average Bonchev–Trinajstić information content (AvgIpc) is 3.18. The Hall–Kier alpha value is -2.15. The lowest BCUT2D eigenvalue weighted by Crippen LogP contribution is -2.42. The minimum atomic E-state index is -0.283. The molecule has 6 nitrogen and oxygen atoms in total. The highest BCUT2D eigenvalue weighted by atomic mass is 35.5. The Kier molecular flexibility index (Phi) is 5.04. The first kappa shape index (κ1) is 18.2. The number of piperidine rings is 1. The van der Waals surface area contributed by atoms with E-state index in [2.05, 4.69) is 19.9 Å². The van der Waals surface area contributed by atoms with Gasteiger partial charge in [0.25, 0.3) is 0 Å². The standard InChI is InChI=1S/C19H19Cl2N5O/c1-11-10-26(7-4-16(11)27)19-24-9-14(18-22-5-6-23-18)17(25-19)13-3-2-12(20)8-15(13)21/h2-3,5-6,8-9,11,16,27H,4,7,10H2,1H3,(H,22,23)/t11-,16-/m0/s1. The Morgan fingerprint density at radius 1 is 1.22 bits per heavy atom. The summed E-state index contributed by atoms with van der Waals surface area (Å²) in [6, 6.07) is 5.34. The number of nitrogens with one attached hydrogen (secondary N) is 1. The van der Waals surface area contributed by atoms with Gasteiger partial charge >= 0.3 is 0 Å². The van der Waals surface area contributed by atoms with Crippen molar-refractivity contribution < 1.29 is 5.11 Å². The Balaban J connectivity index is 1.81. The van der Waals surface area contributed by atoms with Gasteiger partial charge in [-0.1, -0.05) is 30.1 Å².